The molecule has 2 rings (SSSR count). The van der Waals surface area contributed by atoms with E-state index in [1.54, 1.807) is 0 Å². The summed E-state index contributed by atoms with van der Waals surface area (Å²) >= 11 is 0. The molecule has 3 heteroatoms. The molecule has 0 saturated heterocycles. The van der Waals surface area contributed by atoms with Gasteiger partial charge in [0.05, 0.1) is 0 Å². The number of aliphatic hydroxyl groups excluding tert-OH is 1. The van der Waals surface area contributed by atoms with Crippen LogP contribution in [-0.4, -0.2) is 16.4 Å². The Hall–Kier alpha value is -0.990. The molecule has 1 N–H and O–H groups in total. The van der Waals surface area contributed by atoms with Crippen LogP contribution in [0.25, 0.3) is 0 Å². The summed E-state index contributed by atoms with van der Waals surface area (Å²) in [6, 6.07) is 0. The van der Waals surface area contributed by atoms with Crippen molar-refractivity contribution in [3.05, 3.63) is 12.1 Å². The van der Waals surface area contributed by atoms with Crippen molar-refractivity contribution in [2.75, 3.05) is 0 Å². The second-order valence-corrected chi connectivity index (χ2v) is 7.75. The highest BCUT2D eigenvalue weighted by Gasteiger charge is 2.59. The number of ether oxygens (including phenoxy) is 1. The van der Waals surface area contributed by atoms with Gasteiger partial charge in [0.2, 0.25) is 0 Å². The topological polar surface area (TPSA) is 41.8 Å². The van der Waals surface area contributed by atoms with E-state index in [4.69, 9.17) is 4.74 Å². The lowest BCUT2D eigenvalue weighted by molar-refractivity contribution is -0.0150. The van der Waals surface area contributed by atoms with Crippen LogP contribution in [0.1, 0.15) is 60.8 Å². The average Bonchev–Trinajstić information content (AvgIpc) is 2.56. The summed E-state index contributed by atoms with van der Waals surface area (Å²) in [5, 5.41) is 9.76. The zero-order chi connectivity index (χ0) is 14.5. The second-order valence-electron chi connectivity index (χ2n) is 7.75. The standard InChI is InChI=1S/C16H27NO2/c1-14(2,3)19-13(18)10-17-12-9-11-7-8-16(12,6)15(11,4)5/h10-11,18H,7-9H2,1-6H3/b13-10+,17-12?. The first-order valence-electron chi connectivity index (χ1n) is 7.21. The van der Waals surface area contributed by atoms with E-state index in [0.29, 0.717) is 5.41 Å². The summed E-state index contributed by atoms with van der Waals surface area (Å²) in [5.74, 6) is 0.638. The van der Waals surface area contributed by atoms with Crippen LogP contribution < -0.4 is 0 Å². The summed E-state index contributed by atoms with van der Waals surface area (Å²) in [7, 11) is 0. The molecule has 3 nitrogen and oxygen atoms in total. The highest BCUT2D eigenvalue weighted by Crippen LogP contribution is 2.63. The maximum absolute atomic E-state index is 9.76. The molecule has 0 aromatic rings. The molecular weight excluding hydrogens is 238 g/mol. The highest BCUT2D eigenvalue weighted by molar-refractivity contribution is 5.94. The summed E-state index contributed by atoms with van der Waals surface area (Å²) < 4.78 is 5.37. The van der Waals surface area contributed by atoms with E-state index in [2.05, 4.69) is 25.8 Å². The first-order chi connectivity index (χ1) is 8.56. The Morgan fingerprint density at radius 3 is 2.42 bits per heavy atom. The Kier molecular flexibility index (Phi) is 3.23. The van der Waals surface area contributed by atoms with Gasteiger partial charge in [0, 0.05) is 11.1 Å². The number of rotatable bonds is 2. The van der Waals surface area contributed by atoms with Crippen LogP contribution in [-0.2, 0) is 4.74 Å². The van der Waals surface area contributed by atoms with Crippen molar-refractivity contribution in [1.82, 2.24) is 0 Å². The molecule has 0 aromatic carbocycles. The third-order valence-electron chi connectivity index (χ3n) is 5.25. The van der Waals surface area contributed by atoms with Crippen molar-refractivity contribution in [1.29, 1.82) is 0 Å². The molecule has 2 fully saturated rings. The highest BCUT2D eigenvalue weighted by atomic mass is 16.6. The summed E-state index contributed by atoms with van der Waals surface area (Å²) in [6.07, 6.45) is 5.04. The van der Waals surface area contributed by atoms with Gasteiger partial charge < -0.3 is 9.84 Å². The van der Waals surface area contributed by atoms with Gasteiger partial charge in [-0.15, -0.1) is 0 Å². The maximum atomic E-state index is 9.76. The van der Waals surface area contributed by atoms with Gasteiger partial charge in [0.15, 0.2) is 0 Å². The van der Waals surface area contributed by atoms with Crippen LogP contribution in [0.2, 0.25) is 0 Å². The molecule has 2 aliphatic rings. The minimum absolute atomic E-state index is 0.0934. The second kappa shape index (κ2) is 4.26. The normalized spacial score (nSPS) is 36.0. The number of hydrogen-bond donors (Lipinski definition) is 1. The fraction of sp³-hybridized carbons (Fsp3) is 0.812. The van der Waals surface area contributed by atoms with Gasteiger partial charge in [-0.05, 0) is 51.4 Å². The molecule has 19 heavy (non-hydrogen) atoms. The van der Waals surface area contributed by atoms with Gasteiger partial charge in [0.25, 0.3) is 5.95 Å². The molecule has 0 heterocycles. The average molecular weight is 265 g/mol. The third kappa shape index (κ3) is 2.39. The van der Waals surface area contributed by atoms with E-state index >= 15 is 0 Å². The van der Waals surface area contributed by atoms with E-state index in [0.717, 1.165) is 12.3 Å². The molecule has 0 radical (unpaired) electrons. The Labute approximate surface area is 116 Å². The lowest BCUT2D eigenvalue weighted by atomic mass is 9.70. The molecule has 2 bridgehead atoms. The van der Waals surface area contributed by atoms with Crippen molar-refractivity contribution in [3.8, 4) is 0 Å². The van der Waals surface area contributed by atoms with E-state index in [1.807, 2.05) is 20.8 Å². The lowest BCUT2D eigenvalue weighted by Gasteiger charge is -2.34. The summed E-state index contributed by atoms with van der Waals surface area (Å²) in [4.78, 5) is 4.54. The fourth-order valence-electron chi connectivity index (χ4n) is 3.60. The fourth-order valence-corrected chi connectivity index (χ4v) is 3.60. The number of nitrogens with zero attached hydrogens (tertiary/aromatic N) is 1. The van der Waals surface area contributed by atoms with Crippen LogP contribution in [0.5, 0.6) is 0 Å². The predicted molar refractivity (Wildman–Crippen MR) is 78.2 cm³/mol. The van der Waals surface area contributed by atoms with Crippen LogP contribution >= 0.6 is 0 Å². The molecule has 2 atom stereocenters. The van der Waals surface area contributed by atoms with Crippen molar-refractivity contribution >= 4 is 5.71 Å². The molecule has 2 aliphatic carbocycles. The first-order valence-corrected chi connectivity index (χ1v) is 7.21. The van der Waals surface area contributed by atoms with E-state index in [-0.39, 0.29) is 11.4 Å². The largest absolute Gasteiger partial charge is 0.480 e. The van der Waals surface area contributed by atoms with Crippen molar-refractivity contribution in [2.24, 2.45) is 21.7 Å². The van der Waals surface area contributed by atoms with Crippen LogP contribution in [0, 0.1) is 16.7 Å². The molecular formula is C16H27NO2. The number of aliphatic imine (C=N–C) groups is 1. The molecule has 2 saturated carbocycles. The van der Waals surface area contributed by atoms with Crippen molar-refractivity contribution in [3.63, 3.8) is 0 Å². The van der Waals surface area contributed by atoms with Crippen LogP contribution in [0.15, 0.2) is 17.1 Å². The summed E-state index contributed by atoms with van der Waals surface area (Å²) in [6.45, 7) is 12.7. The Morgan fingerprint density at radius 2 is 2.00 bits per heavy atom. The van der Waals surface area contributed by atoms with Crippen molar-refractivity contribution < 1.29 is 9.84 Å². The number of aliphatic hydroxyl groups is 1. The predicted octanol–water partition coefficient (Wildman–Crippen LogP) is 4.45. The smallest absolute Gasteiger partial charge is 0.296 e. The summed E-state index contributed by atoms with van der Waals surface area (Å²) in [5.41, 5.74) is 1.33. The van der Waals surface area contributed by atoms with Gasteiger partial charge in [-0.25, -0.2) is 0 Å². The quantitative estimate of drug-likeness (QED) is 0.750. The van der Waals surface area contributed by atoms with Crippen LogP contribution in [0.4, 0.5) is 0 Å². The monoisotopic (exact) mass is 265 g/mol. The Bertz CT molecular complexity index is 429. The lowest BCUT2D eigenvalue weighted by Crippen LogP contribution is -2.32. The van der Waals surface area contributed by atoms with Crippen LogP contribution in [0.3, 0.4) is 0 Å². The third-order valence-corrected chi connectivity index (χ3v) is 5.25. The van der Waals surface area contributed by atoms with Gasteiger partial charge in [-0.3, -0.25) is 4.99 Å². The minimum Gasteiger partial charge on any atom is -0.480 e. The number of hydrogen-bond acceptors (Lipinski definition) is 3. The van der Waals surface area contributed by atoms with E-state index in [9.17, 15) is 5.11 Å². The number of fused-ring (bicyclic) bond motifs is 2. The molecule has 0 aliphatic heterocycles. The molecule has 108 valence electrons. The van der Waals surface area contributed by atoms with E-state index < -0.39 is 5.60 Å². The maximum Gasteiger partial charge on any atom is 0.296 e. The molecule has 2 unspecified atom stereocenters. The zero-order valence-corrected chi connectivity index (χ0v) is 13.1. The van der Waals surface area contributed by atoms with Gasteiger partial charge in [0.1, 0.15) is 11.8 Å². The van der Waals surface area contributed by atoms with E-state index in [1.165, 1.54) is 24.8 Å². The van der Waals surface area contributed by atoms with Crippen molar-refractivity contribution in [2.45, 2.75) is 66.4 Å². The molecule has 0 spiro atoms. The first kappa shape index (κ1) is 14.4. The Morgan fingerprint density at radius 1 is 1.37 bits per heavy atom. The minimum atomic E-state index is -0.390. The Balaban J connectivity index is 2.17. The van der Waals surface area contributed by atoms with Gasteiger partial charge in [-0.1, -0.05) is 20.8 Å². The molecule has 0 amide bonds. The zero-order valence-electron chi connectivity index (χ0n) is 13.1. The SMILES string of the molecule is CC(C)(C)O/C(O)=C/N=C1CC2CCC1(C)C2(C)C. The molecule has 0 aromatic heterocycles. The van der Waals surface area contributed by atoms with Gasteiger partial charge in [-0.2, -0.15) is 0 Å². The van der Waals surface area contributed by atoms with Gasteiger partial charge >= 0.3 is 0 Å².